The number of aromatic nitrogens is 1. The molecule has 0 N–H and O–H groups in total. The number of benzene rings is 3. The molecule has 0 saturated carbocycles. The molecule has 1 saturated heterocycles. The number of carbonyl (C=O) groups excluding carboxylic acids is 1. The lowest BCUT2D eigenvalue weighted by Gasteiger charge is -2.39. The Morgan fingerprint density at radius 3 is 2.32 bits per heavy atom. The number of amides is 1. The van der Waals surface area contributed by atoms with Gasteiger partial charge in [0.1, 0.15) is 27.9 Å². The van der Waals surface area contributed by atoms with Crippen LogP contribution in [0.2, 0.25) is 0 Å². The van der Waals surface area contributed by atoms with Gasteiger partial charge in [-0.3, -0.25) is 14.7 Å². The van der Waals surface area contributed by atoms with E-state index < -0.39 is 21.5 Å². The lowest BCUT2D eigenvalue weighted by atomic mass is 9.80. The lowest BCUT2D eigenvalue weighted by molar-refractivity contribution is -0.126. The van der Waals surface area contributed by atoms with E-state index in [2.05, 4.69) is 22.2 Å². The average molecular weight is 694 g/mol. The zero-order valence-corrected chi connectivity index (χ0v) is 28.8. The Kier molecular flexibility index (Phi) is 8.37. The number of nitriles is 1. The quantitative estimate of drug-likeness (QED) is 0.229. The number of hydrogen-bond acceptors (Lipinski definition) is 11. The predicted octanol–water partition coefficient (Wildman–Crippen LogP) is 4.69. The SMILES string of the molecule is CCOc1ccc(OC)cc1C1(N2CC3=CN(c4ccncc4)CC3C2)C(=O)N(S(=O)(=O)c2ccc(OC)cc2OC)c2ccc(C#N)cc21. The minimum Gasteiger partial charge on any atom is -0.497 e. The summed E-state index contributed by atoms with van der Waals surface area (Å²) in [5.41, 5.74) is 1.50. The van der Waals surface area contributed by atoms with Crippen molar-refractivity contribution in [3.63, 3.8) is 0 Å². The van der Waals surface area contributed by atoms with E-state index in [1.54, 1.807) is 36.7 Å². The molecule has 3 aliphatic heterocycles. The summed E-state index contributed by atoms with van der Waals surface area (Å²) in [6.45, 7) is 3.54. The molecule has 2 unspecified atom stereocenters. The van der Waals surface area contributed by atoms with E-state index in [-0.39, 0.29) is 34.4 Å². The molecule has 12 nitrogen and oxygen atoms in total. The van der Waals surface area contributed by atoms with E-state index >= 15 is 4.79 Å². The summed E-state index contributed by atoms with van der Waals surface area (Å²) in [5, 5.41) is 10.1. The van der Waals surface area contributed by atoms with Gasteiger partial charge in [0.05, 0.1) is 45.3 Å². The second kappa shape index (κ2) is 12.7. The highest BCUT2D eigenvalue weighted by Gasteiger charge is 2.62. The molecule has 0 aliphatic carbocycles. The van der Waals surface area contributed by atoms with E-state index in [1.807, 2.05) is 24.0 Å². The van der Waals surface area contributed by atoms with Gasteiger partial charge in [-0.05, 0) is 73.2 Å². The third-order valence-corrected chi connectivity index (χ3v) is 11.3. The van der Waals surface area contributed by atoms with Gasteiger partial charge < -0.3 is 23.8 Å². The predicted molar refractivity (Wildman–Crippen MR) is 185 cm³/mol. The number of anilines is 2. The molecule has 3 aromatic carbocycles. The van der Waals surface area contributed by atoms with Crippen molar-refractivity contribution in [2.24, 2.45) is 5.92 Å². The van der Waals surface area contributed by atoms with Crippen LogP contribution in [0.4, 0.5) is 11.4 Å². The molecule has 4 heterocycles. The molecule has 7 rings (SSSR count). The van der Waals surface area contributed by atoms with Crippen LogP contribution in [0.5, 0.6) is 23.0 Å². The highest BCUT2D eigenvalue weighted by molar-refractivity contribution is 7.93. The highest BCUT2D eigenvalue weighted by atomic mass is 32.2. The Hall–Kier alpha value is -5.58. The van der Waals surface area contributed by atoms with Crippen LogP contribution in [0.15, 0.2) is 95.8 Å². The summed E-state index contributed by atoms with van der Waals surface area (Å²) in [4.78, 5) is 23.7. The molecule has 0 radical (unpaired) electrons. The van der Waals surface area contributed by atoms with Gasteiger partial charge in [-0.1, -0.05) is 0 Å². The number of rotatable bonds is 10. The van der Waals surface area contributed by atoms with E-state index in [0.717, 1.165) is 15.6 Å². The zero-order chi connectivity index (χ0) is 35.2. The van der Waals surface area contributed by atoms with Gasteiger partial charge in [0.2, 0.25) is 0 Å². The van der Waals surface area contributed by atoms with Gasteiger partial charge in [0.15, 0.2) is 5.54 Å². The van der Waals surface area contributed by atoms with Gasteiger partial charge in [0, 0.05) is 67.0 Å². The molecule has 1 amide bonds. The molecule has 2 atom stereocenters. The number of carbonyl (C=O) groups is 1. The van der Waals surface area contributed by atoms with Crippen LogP contribution >= 0.6 is 0 Å². The molecular weight excluding hydrogens is 659 g/mol. The van der Waals surface area contributed by atoms with Crippen molar-refractivity contribution in [3.05, 3.63) is 108 Å². The van der Waals surface area contributed by atoms with E-state index in [0.29, 0.717) is 48.0 Å². The summed E-state index contributed by atoms with van der Waals surface area (Å²) in [6.07, 6.45) is 5.58. The third kappa shape index (κ3) is 5.02. The molecule has 13 heteroatoms. The second-order valence-electron chi connectivity index (χ2n) is 12.1. The van der Waals surface area contributed by atoms with E-state index in [1.165, 1.54) is 51.7 Å². The van der Waals surface area contributed by atoms with Gasteiger partial charge in [-0.2, -0.15) is 5.26 Å². The maximum atomic E-state index is 15.6. The highest BCUT2D eigenvalue weighted by Crippen LogP contribution is 2.55. The molecular formula is C37H35N5O7S. The smallest absolute Gasteiger partial charge is 0.274 e. The fraction of sp³-hybridized carbons (Fsp3) is 0.270. The first kappa shape index (κ1) is 32.9. The fourth-order valence-corrected chi connectivity index (χ4v) is 8.89. The maximum Gasteiger partial charge on any atom is 0.274 e. The Bertz CT molecular complexity index is 2170. The number of fused-ring (bicyclic) bond motifs is 2. The van der Waals surface area contributed by atoms with Gasteiger partial charge in [0.25, 0.3) is 15.9 Å². The maximum absolute atomic E-state index is 15.6. The van der Waals surface area contributed by atoms with Crippen LogP contribution in [-0.4, -0.2) is 71.8 Å². The van der Waals surface area contributed by atoms with Gasteiger partial charge in [-0.15, -0.1) is 0 Å². The van der Waals surface area contributed by atoms with Crippen molar-refractivity contribution in [1.29, 1.82) is 5.26 Å². The van der Waals surface area contributed by atoms with Crippen LogP contribution in [0.25, 0.3) is 0 Å². The largest absolute Gasteiger partial charge is 0.497 e. The summed E-state index contributed by atoms with van der Waals surface area (Å²) in [7, 11) is -0.266. The van der Waals surface area contributed by atoms with Gasteiger partial charge in [-0.25, -0.2) is 12.7 Å². The molecule has 0 spiro atoms. The summed E-state index contributed by atoms with van der Waals surface area (Å²) in [6, 6.07) is 20.2. The third-order valence-electron chi connectivity index (χ3n) is 9.54. The number of pyridine rings is 1. The average Bonchev–Trinajstić information content (AvgIpc) is 3.80. The summed E-state index contributed by atoms with van der Waals surface area (Å²) >= 11 is 0. The monoisotopic (exact) mass is 693 g/mol. The van der Waals surface area contributed by atoms with Crippen molar-refractivity contribution in [1.82, 2.24) is 9.88 Å². The Balaban J connectivity index is 1.47. The molecule has 1 fully saturated rings. The first-order chi connectivity index (χ1) is 24.2. The zero-order valence-electron chi connectivity index (χ0n) is 28.0. The van der Waals surface area contributed by atoms with Crippen molar-refractivity contribution >= 4 is 27.3 Å². The van der Waals surface area contributed by atoms with Crippen molar-refractivity contribution in [2.45, 2.75) is 17.4 Å². The minimum absolute atomic E-state index is 0.0123. The van der Waals surface area contributed by atoms with Crippen molar-refractivity contribution < 1.29 is 32.2 Å². The number of ether oxygens (including phenoxy) is 4. The summed E-state index contributed by atoms with van der Waals surface area (Å²) < 4.78 is 53.1. The van der Waals surface area contributed by atoms with Crippen LogP contribution in [0.3, 0.4) is 0 Å². The molecule has 4 aromatic rings. The lowest BCUT2D eigenvalue weighted by Crippen LogP contribution is -2.54. The fourth-order valence-electron chi connectivity index (χ4n) is 7.29. The standard InChI is InChI=1S/C37H35N5O7S/c1-5-49-33-10-7-28(46-2)17-31(33)37(41-22-25-20-40(21-26(25)23-41)27-12-14-39-15-13-27)30-16-24(19-38)6-9-32(30)42(36(37)43)50(44,45)35-11-8-29(47-3)18-34(35)48-4/h6-18,20,26H,5,21-23H2,1-4H3. The Morgan fingerprint density at radius 2 is 1.64 bits per heavy atom. The van der Waals surface area contributed by atoms with Crippen molar-refractivity contribution in [2.75, 3.05) is 56.8 Å². The Morgan fingerprint density at radius 1 is 0.900 bits per heavy atom. The Labute approximate surface area is 290 Å². The van der Waals surface area contributed by atoms with Crippen LogP contribution in [0, 0.1) is 17.2 Å². The van der Waals surface area contributed by atoms with Crippen LogP contribution < -0.4 is 28.2 Å². The van der Waals surface area contributed by atoms with E-state index in [9.17, 15) is 13.7 Å². The first-order valence-electron chi connectivity index (χ1n) is 16.0. The molecule has 3 aliphatic rings. The normalized spacial score (nSPS) is 19.9. The second-order valence-corrected chi connectivity index (χ2v) is 13.8. The number of sulfonamides is 1. The van der Waals surface area contributed by atoms with E-state index in [4.69, 9.17) is 18.9 Å². The summed E-state index contributed by atoms with van der Waals surface area (Å²) in [5.74, 6) is 0.538. The molecule has 50 heavy (non-hydrogen) atoms. The number of hydrogen-bond donors (Lipinski definition) is 0. The molecule has 256 valence electrons. The molecule has 1 aromatic heterocycles. The molecule has 0 bridgehead atoms. The van der Waals surface area contributed by atoms with Gasteiger partial charge >= 0.3 is 0 Å². The first-order valence-corrected chi connectivity index (χ1v) is 17.4. The number of nitrogens with zero attached hydrogens (tertiary/aromatic N) is 5. The number of methoxy groups -OCH3 is 3. The van der Waals surface area contributed by atoms with Crippen LogP contribution in [-0.2, 0) is 20.4 Å². The van der Waals surface area contributed by atoms with Crippen molar-refractivity contribution in [3.8, 4) is 29.1 Å². The minimum atomic E-state index is -4.61. The number of likely N-dealkylation sites (tertiary alicyclic amines) is 1. The van der Waals surface area contributed by atoms with Crippen LogP contribution in [0.1, 0.15) is 23.6 Å². The topological polar surface area (TPSA) is 135 Å².